The second kappa shape index (κ2) is 6.26. The van der Waals surface area contributed by atoms with Crippen LogP contribution in [0.1, 0.15) is 25.0 Å². The molecule has 0 fully saturated rings. The highest BCUT2D eigenvalue weighted by Gasteiger charge is 2.06. The molecule has 0 atom stereocenters. The minimum Gasteiger partial charge on any atom is -0.478 e. The van der Waals surface area contributed by atoms with Crippen LogP contribution in [0.3, 0.4) is 0 Å². The number of benzene rings is 2. The third-order valence-corrected chi connectivity index (χ3v) is 3.35. The second-order valence-electron chi connectivity index (χ2n) is 5.10. The highest BCUT2D eigenvalue weighted by Crippen LogP contribution is 2.24. The first-order valence-corrected chi connectivity index (χ1v) is 6.74. The van der Waals surface area contributed by atoms with Crippen molar-refractivity contribution in [2.75, 3.05) is 0 Å². The first-order chi connectivity index (χ1) is 10.4. The molecular weight excluding hydrogens is 280 g/mol. The zero-order valence-electron chi connectivity index (χ0n) is 12.3. The molecule has 0 aliphatic rings. The lowest BCUT2D eigenvalue weighted by molar-refractivity contribution is -0.133. The van der Waals surface area contributed by atoms with Gasteiger partial charge in [-0.15, -0.1) is 0 Å². The van der Waals surface area contributed by atoms with Crippen molar-refractivity contribution in [3.63, 3.8) is 0 Å². The van der Waals surface area contributed by atoms with E-state index in [1.165, 1.54) is 13.8 Å². The van der Waals surface area contributed by atoms with E-state index in [1.807, 2.05) is 30.3 Å². The summed E-state index contributed by atoms with van der Waals surface area (Å²) in [5.74, 6) is -1.96. The van der Waals surface area contributed by atoms with E-state index in [0.29, 0.717) is 0 Å². The molecular formula is C18H16O4. The zero-order valence-corrected chi connectivity index (χ0v) is 12.3. The van der Waals surface area contributed by atoms with E-state index in [2.05, 4.69) is 0 Å². The van der Waals surface area contributed by atoms with Crippen LogP contribution >= 0.6 is 0 Å². The predicted octanol–water partition coefficient (Wildman–Crippen LogP) is 3.82. The minimum atomic E-state index is -0.980. The highest BCUT2D eigenvalue weighted by atomic mass is 16.4. The highest BCUT2D eigenvalue weighted by molar-refractivity contribution is 5.99. The SMILES string of the molecule is C/C(=C\c1cc(/C=C(\C)C(=O)O)c2ccccc2c1)C(=O)O. The average Bonchev–Trinajstić information content (AvgIpc) is 2.46. The van der Waals surface area contributed by atoms with Gasteiger partial charge in [0.1, 0.15) is 0 Å². The van der Waals surface area contributed by atoms with E-state index in [0.717, 1.165) is 21.9 Å². The normalized spacial score (nSPS) is 12.5. The molecule has 2 aromatic rings. The summed E-state index contributed by atoms with van der Waals surface area (Å²) >= 11 is 0. The Bertz CT molecular complexity index is 813. The summed E-state index contributed by atoms with van der Waals surface area (Å²) in [6, 6.07) is 11.3. The van der Waals surface area contributed by atoms with E-state index in [1.54, 1.807) is 18.2 Å². The van der Waals surface area contributed by atoms with Crippen LogP contribution in [0.5, 0.6) is 0 Å². The summed E-state index contributed by atoms with van der Waals surface area (Å²) in [4.78, 5) is 22.0. The van der Waals surface area contributed by atoms with Crippen LogP contribution in [-0.2, 0) is 9.59 Å². The van der Waals surface area contributed by atoms with Crippen molar-refractivity contribution >= 4 is 34.9 Å². The molecule has 0 bridgehead atoms. The molecule has 2 aromatic carbocycles. The third-order valence-electron chi connectivity index (χ3n) is 3.35. The van der Waals surface area contributed by atoms with Gasteiger partial charge >= 0.3 is 11.9 Å². The Morgan fingerprint density at radius 3 is 2.14 bits per heavy atom. The number of carboxylic acid groups (broad SMARTS) is 2. The van der Waals surface area contributed by atoms with E-state index in [-0.39, 0.29) is 11.1 Å². The molecule has 22 heavy (non-hydrogen) atoms. The fourth-order valence-corrected chi connectivity index (χ4v) is 2.17. The number of fused-ring (bicyclic) bond motifs is 1. The summed E-state index contributed by atoms with van der Waals surface area (Å²) in [7, 11) is 0. The Kier molecular flexibility index (Phi) is 4.41. The monoisotopic (exact) mass is 296 g/mol. The van der Waals surface area contributed by atoms with E-state index in [4.69, 9.17) is 10.2 Å². The van der Waals surface area contributed by atoms with Crippen LogP contribution < -0.4 is 0 Å². The molecule has 2 rings (SSSR count). The van der Waals surface area contributed by atoms with Crippen LogP contribution in [0.4, 0.5) is 0 Å². The molecule has 0 heterocycles. The Morgan fingerprint density at radius 1 is 0.909 bits per heavy atom. The van der Waals surface area contributed by atoms with Gasteiger partial charge in [0.25, 0.3) is 0 Å². The van der Waals surface area contributed by atoms with Crippen molar-refractivity contribution in [3.8, 4) is 0 Å². The Morgan fingerprint density at radius 2 is 1.50 bits per heavy atom. The largest absolute Gasteiger partial charge is 0.478 e. The van der Waals surface area contributed by atoms with Crippen LogP contribution in [0, 0.1) is 0 Å². The van der Waals surface area contributed by atoms with Gasteiger partial charge in [0.2, 0.25) is 0 Å². The number of hydrogen-bond donors (Lipinski definition) is 2. The summed E-state index contributed by atoms with van der Waals surface area (Å²) in [5.41, 5.74) is 1.92. The van der Waals surface area contributed by atoms with Gasteiger partial charge in [0.05, 0.1) is 0 Å². The molecule has 112 valence electrons. The first-order valence-electron chi connectivity index (χ1n) is 6.74. The molecule has 0 saturated heterocycles. The average molecular weight is 296 g/mol. The van der Waals surface area contributed by atoms with Gasteiger partial charge in [-0.25, -0.2) is 9.59 Å². The fourth-order valence-electron chi connectivity index (χ4n) is 2.17. The van der Waals surface area contributed by atoms with Gasteiger partial charge < -0.3 is 10.2 Å². The van der Waals surface area contributed by atoms with Crippen molar-refractivity contribution in [2.24, 2.45) is 0 Å². The maximum absolute atomic E-state index is 11.0. The third kappa shape index (κ3) is 3.41. The lowest BCUT2D eigenvalue weighted by Crippen LogP contribution is -1.97. The molecule has 4 heteroatoms. The van der Waals surface area contributed by atoms with Crippen molar-refractivity contribution in [1.29, 1.82) is 0 Å². The number of hydrogen-bond acceptors (Lipinski definition) is 2. The number of aliphatic carboxylic acids is 2. The van der Waals surface area contributed by atoms with Crippen LogP contribution in [0.15, 0.2) is 47.5 Å². The van der Waals surface area contributed by atoms with Crippen LogP contribution in [0.25, 0.3) is 22.9 Å². The number of rotatable bonds is 4. The fraction of sp³-hybridized carbons (Fsp3) is 0.111. The molecule has 0 aliphatic carbocycles. The Labute approximate surface area is 128 Å². The lowest BCUT2D eigenvalue weighted by atomic mass is 9.98. The van der Waals surface area contributed by atoms with Gasteiger partial charge in [0, 0.05) is 11.1 Å². The van der Waals surface area contributed by atoms with Crippen molar-refractivity contribution in [3.05, 3.63) is 58.7 Å². The summed E-state index contributed by atoms with van der Waals surface area (Å²) in [6.07, 6.45) is 3.17. The number of carbonyl (C=O) groups is 2. The summed E-state index contributed by atoms with van der Waals surface area (Å²) in [6.45, 7) is 3.05. The summed E-state index contributed by atoms with van der Waals surface area (Å²) in [5, 5.41) is 19.9. The molecule has 0 unspecified atom stereocenters. The first kappa shape index (κ1) is 15.5. The minimum absolute atomic E-state index is 0.222. The molecule has 0 saturated carbocycles. The maximum atomic E-state index is 11.0. The summed E-state index contributed by atoms with van der Waals surface area (Å²) < 4.78 is 0. The Balaban J connectivity index is 2.68. The zero-order chi connectivity index (χ0) is 16.3. The van der Waals surface area contributed by atoms with Crippen molar-refractivity contribution in [2.45, 2.75) is 13.8 Å². The van der Waals surface area contributed by atoms with Crippen molar-refractivity contribution in [1.82, 2.24) is 0 Å². The van der Waals surface area contributed by atoms with Gasteiger partial charge in [0.15, 0.2) is 0 Å². The van der Waals surface area contributed by atoms with Crippen LogP contribution in [-0.4, -0.2) is 22.2 Å². The predicted molar refractivity (Wildman–Crippen MR) is 86.5 cm³/mol. The molecule has 0 aromatic heterocycles. The van der Waals surface area contributed by atoms with E-state index >= 15 is 0 Å². The second-order valence-corrected chi connectivity index (χ2v) is 5.10. The molecule has 0 aliphatic heterocycles. The van der Waals surface area contributed by atoms with Gasteiger partial charge in [-0.3, -0.25) is 0 Å². The van der Waals surface area contributed by atoms with Gasteiger partial charge in [-0.1, -0.05) is 24.3 Å². The molecule has 4 nitrogen and oxygen atoms in total. The molecule has 2 N–H and O–H groups in total. The smallest absolute Gasteiger partial charge is 0.331 e. The topological polar surface area (TPSA) is 74.6 Å². The molecule has 0 amide bonds. The quantitative estimate of drug-likeness (QED) is 0.841. The molecule has 0 radical (unpaired) electrons. The Hall–Kier alpha value is -2.88. The van der Waals surface area contributed by atoms with E-state index in [9.17, 15) is 9.59 Å². The van der Waals surface area contributed by atoms with Gasteiger partial charge in [-0.05, 0) is 60.0 Å². The lowest BCUT2D eigenvalue weighted by Gasteiger charge is -2.06. The van der Waals surface area contributed by atoms with E-state index < -0.39 is 11.9 Å². The van der Waals surface area contributed by atoms with Crippen LogP contribution in [0.2, 0.25) is 0 Å². The van der Waals surface area contributed by atoms with Gasteiger partial charge in [-0.2, -0.15) is 0 Å². The number of carboxylic acids is 2. The maximum Gasteiger partial charge on any atom is 0.331 e. The molecule has 0 spiro atoms. The van der Waals surface area contributed by atoms with Crippen molar-refractivity contribution < 1.29 is 19.8 Å². The standard InChI is InChI=1S/C18H16O4/c1-11(17(19)20)7-13-9-14-5-3-4-6-16(14)15(10-13)8-12(2)18(21)22/h3-10H,1-2H3,(H,19,20)(H,21,22)/b11-7+,12-8+.